The Labute approximate surface area is 216 Å². The maximum atomic E-state index is 13.9. The summed E-state index contributed by atoms with van der Waals surface area (Å²) < 4.78 is 29.4. The second-order valence-electron chi connectivity index (χ2n) is 10.5. The van der Waals surface area contributed by atoms with Crippen LogP contribution in [0.2, 0.25) is 0 Å². The summed E-state index contributed by atoms with van der Waals surface area (Å²) in [6.45, 7) is 11.4. The highest BCUT2D eigenvalue weighted by Crippen LogP contribution is 2.34. The molecule has 1 aromatic rings. The molecular weight excluding hydrogens is 481 g/mol. The Kier molecular flexibility index (Phi) is 10.5. The summed E-state index contributed by atoms with van der Waals surface area (Å²) in [4.78, 5) is 28.6. The number of nitrogens with one attached hydrogen (secondary N) is 2. The summed E-state index contributed by atoms with van der Waals surface area (Å²) >= 11 is 0. The van der Waals surface area contributed by atoms with Gasteiger partial charge in [-0.15, -0.1) is 0 Å². The Morgan fingerprint density at radius 3 is 2.22 bits per heavy atom. The van der Waals surface area contributed by atoms with Crippen LogP contribution in [0.25, 0.3) is 0 Å². The van der Waals surface area contributed by atoms with Gasteiger partial charge in [-0.05, 0) is 55.2 Å². The highest BCUT2D eigenvalue weighted by atomic mass is 32.2. The van der Waals surface area contributed by atoms with Crippen molar-refractivity contribution in [2.45, 2.75) is 96.1 Å². The van der Waals surface area contributed by atoms with Crippen molar-refractivity contribution >= 4 is 29.0 Å². The minimum Gasteiger partial charge on any atom is -0.426 e. The van der Waals surface area contributed by atoms with E-state index in [1.54, 1.807) is 45.0 Å². The van der Waals surface area contributed by atoms with Gasteiger partial charge in [-0.1, -0.05) is 60.1 Å². The van der Waals surface area contributed by atoms with E-state index in [-0.39, 0.29) is 29.7 Å². The summed E-state index contributed by atoms with van der Waals surface area (Å²) in [5.74, 6) is -2.09. The number of likely N-dealkylation sites (tertiary alicyclic amines) is 1. The molecule has 0 bridgehead atoms. The molecule has 1 aromatic carbocycles. The number of carbonyl (C=O) groups excluding carboxylic acids is 2. The lowest BCUT2D eigenvalue weighted by molar-refractivity contribution is -0.142. The van der Waals surface area contributed by atoms with E-state index < -0.39 is 46.5 Å². The number of hydrogen-bond acceptors (Lipinski definition) is 6. The van der Waals surface area contributed by atoms with Gasteiger partial charge in [0.1, 0.15) is 11.6 Å². The van der Waals surface area contributed by atoms with E-state index in [9.17, 15) is 28.1 Å². The van der Waals surface area contributed by atoms with E-state index in [0.29, 0.717) is 12.8 Å². The lowest BCUT2D eigenvalue weighted by Gasteiger charge is -2.35. The molecule has 1 aliphatic rings. The molecule has 0 saturated carbocycles. The van der Waals surface area contributed by atoms with Crippen molar-refractivity contribution in [2.75, 3.05) is 6.54 Å². The van der Waals surface area contributed by atoms with Crippen molar-refractivity contribution in [3.05, 3.63) is 29.8 Å². The van der Waals surface area contributed by atoms with Crippen molar-refractivity contribution in [3.8, 4) is 0 Å². The third-order valence-corrected chi connectivity index (χ3v) is 8.49. The van der Waals surface area contributed by atoms with Crippen LogP contribution in [0.3, 0.4) is 0 Å². The Balaban J connectivity index is 2.35. The Hall–Kier alpha value is -1.95. The molecule has 0 aromatic heterocycles. The van der Waals surface area contributed by atoms with Gasteiger partial charge >= 0.3 is 7.12 Å². The first kappa shape index (κ1) is 30.3. The van der Waals surface area contributed by atoms with Crippen LogP contribution in [0.4, 0.5) is 0 Å². The lowest BCUT2D eigenvalue weighted by Crippen LogP contribution is -2.60. The summed E-state index contributed by atoms with van der Waals surface area (Å²) in [5.41, 5.74) is -0.351. The smallest absolute Gasteiger partial charge is 0.426 e. The highest BCUT2D eigenvalue weighted by Gasteiger charge is 2.54. The van der Waals surface area contributed by atoms with Crippen molar-refractivity contribution in [3.63, 3.8) is 0 Å². The first-order chi connectivity index (χ1) is 16.8. The molecule has 2 amide bonds. The number of sulfonamides is 1. The van der Waals surface area contributed by atoms with Gasteiger partial charge in [0.15, 0.2) is 0 Å². The van der Waals surface area contributed by atoms with Crippen LogP contribution in [0.5, 0.6) is 0 Å². The molecule has 9 nitrogen and oxygen atoms in total. The number of rotatable bonds is 13. The Morgan fingerprint density at radius 2 is 1.75 bits per heavy atom. The van der Waals surface area contributed by atoms with Crippen LogP contribution in [0.15, 0.2) is 29.2 Å². The number of nitrogens with zero attached hydrogens (tertiary/aromatic N) is 1. The molecule has 1 fully saturated rings. The van der Waals surface area contributed by atoms with Gasteiger partial charge in [-0.2, -0.15) is 4.72 Å². The van der Waals surface area contributed by atoms with Crippen LogP contribution in [0, 0.1) is 11.8 Å². The second-order valence-corrected chi connectivity index (χ2v) is 12.1. The molecule has 1 aliphatic heterocycles. The summed E-state index contributed by atoms with van der Waals surface area (Å²) in [6, 6.07) is 5.82. The maximum absolute atomic E-state index is 13.9. The van der Waals surface area contributed by atoms with Gasteiger partial charge in [0.25, 0.3) is 0 Å². The van der Waals surface area contributed by atoms with Gasteiger partial charge in [-0.25, -0.2) is 8.42 Å². The molecule has 3 atom stereocenters. The second kappa shape index (κ2) is 12.5. The molecule has 0 spiro atoms. The Bertz CT molecular complexity index is 1000. The normalized spacial score (nSPS) is 20.2. The van der Waals surface area contributed by atoms with Crippen LogP contribution in [-0.4, -0.2) is 66.4 Å². The fraction of sp³-hybridized carbons (Fsp3) is 0.680. The number of aryl methyl sites for hydroxylation is 1. The van der Waals surface area contributed by atoms with E-state index in [2.05, 4.69) is 17.0 Å². The maximum Gasteiger partial charge on any atom is 0.475 e. The third kappa shape index (κ3) is 6.88. The van der Waals surface area contributed by atoms with Gasteiger partial charge in [0, 0.05) is 6.54 Å². The predicted octanol–water partition coefficient (Wildman–Crippen LogP) is 1.87. The SMILES string of the molecule is CCCc1ccc(S(=O)(=O)NC2(C(C)C)CCN([C@@H](CC(C)C)C(=O)N[C@@H](CC)B(O)O)C2=O)cc1. The predicted molar refractivity (Wildman–Crippen MR) is 140 cm³/mol. The molecule has 1 heterocycles. The van der Waals surface area contributed by atoms with E-state index in [1.807, 2.05) is 13.8 Å². The average molecular weight is 524 g/mol. The minimum atomic E-state index is -4.00. The van der Waals surface area contributed by atoms with Gasteiger partial charge in [-0.3, -0.25) is 9.59 Å². The van der Waals surface area contributed by atoms with Crippen molar-refractivity contribution in [1.29, 1.82) is 0 Å². The summed E-state index contributed by atoms with van der Waals surface area (Å²) in [7, 11) is -5.73. The van der Waals surface area contributed by atoms with Gasteiger partial charge < -0.3 is 20.3 Å². The third-order valence-electron chi connectivity index (χ3n) is 6.96. The van der Waals surface area contributed by atoms with Crippen LogP contribution in [0.1, 0.15) is 72.8 Å². The number of amides is 2. The molecule has 1 unspecified atom stereocenters. The molecule has 1 saturated heterocycles. The van der Waals surface area contributed by atoms with E-state index in [1.165, 1.54) is 4.90 Å². The number of hydrogen-bond donors (Lipinski definition) is 4. The number of carbonyl (C=O) groups is 2. The molecule has 11 heteroatoms. The molecule has 4 N–H and O–H groups in total. The fourth-order valence-electron chi connectivity index (χ4n) is 4.72. The zero-order valence-corrected chi connectivity index (χ0v) is 23.1. The first-order valence-corrected chi connectivity index (χ1v) is 14.4. The summed E-state index contributed by atoms with van der Waals surface area (Å²) in [5, 5.41) is 21.8. The molecule has 2 rings (SSSR count). The zero-order valence-electron chi connectivity index (χ0n) is 22.3. The zero-order chi connectivity index (χ0) is 27.3. The van der Waals surface area contributed by atoms with Crippen LogP contribution in [-0.2, 0) is 26.0 Å². The van der Waals surface area contributed by atoms with Crippen molar-refractivity contribution in [1.82, 2.24) is 14.9 Å². The van der Waals surface area contributed by atoms with Crippen LogP contribution >= 0.6 is 0 Å². The minimum absolute atomic E-state index is 0.0695. The average Bonchev–Trinajstić information content (AvgIpc) is 3.12. The van der Waals surface area contributed by atoms with Crippen molar-refractivity contribution < 1.29 is 28.1 Å². The number of benzene rings is 1. The van der Waals surface area contributed by atoms with Gasteiger partial charge in [0.05, 0.1) is 10.8 Å². The molecule has 0 radical (unpaired) electrons. The monoisotopic (exact) mass is 523 g/mol. The molecular formula is C25H42BN3O6S. The highest BCUT2D eigenvalue weighted by molar-refractivity contribution is 7.89. The van der Waals surface area contributed by atoms with Crippen LogP contribution < -0.4 is 10.0 Å². The molecule has 202 valence electrons. The lowest BCUT2D eigenvalue weighted by atomic mass is 9.77. The standard InChI is InChI=1S/C25H42BN3O6S/c1-7-9-19-10-12-20(13-11-19)36(34,35)28-25(18(5)6)14-15-29(24(25)31)21(16-17(3)4)23(30)27-22(8-2)26(32)33/h10-13,17-18,21-22,28,32-33H,7-9,14-16H2,1-6H3,(H,27,30)/t21-,22-,25?/m0/s1. The molecule has 0 aliphatic carbocycles. The summed E-state index contributed by atoms with van der Waals surface area (Å²) in [6.07, 6.45) is 2.68. The van der Waals surface area contributed by atoms with E-state index >= 15 is 0 Å². The first-order valence-electron chi connectivity index (χ1n) is 12.9. The van der Waals surface area contributed by atoms with Gasteiger partial charge in [0.2, 0.25) is 21.8 Å². The largest absolute Gasteiger partial charge is 0.475 e. The van der Waals surface area contributed by atoms with Crippen molar-refractivity contribution in [2.24, 2.45) is 11.8 Å². The Morgan fingerprint density at radius 1 is 1.14 bits per heavy atom. The topological polar surface area (TPSA) is 136 Å². The quantitative estimate of drug-likeness (QED) is 0.292. The molecule has 36 heavy (non-hydrogen) atoms. The fourth-order valence-corrected chi connectivity index (χ4v) is 6.24. The van der Waals surface area contributed by atoms with E-state index in [4.69, 9.17) is 0 Å². The van der Waals surface area contributed by atoms with E-state index in [0.717, 1.165) is 18.4 Å².